The minimum absolute atomic E-state index is 0.195. The highest BCUT2D eigenvalue weighted by Crippen LogP contribution is 2.21. The van der Waals surface area contributed by atoms with Gasteiger partial charge in [-0.05, 0) is 37.0 Å². The zero-order chi connectivity index (χ0) is 13.9. The van der Waals surface area contributed by atoms with Gasteiger partial charge in [0.05, 0.1) is 12.2 Å². The topological polar surface area (TPSA) is 84.6 Å². The Kier molecular flexibility index (Phi) is 3.56. The Morgan fingerprint density at radius 3 is 3.15 bits per heavy atom. The van der Waals surface area contributed by atoms with Crippen molar-refractivity contribution < 1.29 is 19.1 Å². The monoisotopic (exact) mass is 276 g/mol. The van der Waals surface area contributed by atoms with E-state index in [-0.39, 0.29) is 5.56 Å². The first-order valence-electron chi connectivity index (χ1n) is 6.68. The summed E-state index contributed by atoms with van der Waals surface area (Å²) in [4.78, 5) is 15.2. The average molecular weight is 276 g/mol. The molecule has 1 aliphatic heterocycles. The van der Waals surface area contributed by atoms with Gasteiger partial charge in [-0.3, -0.25) is 0 Å². The van der Waals surface area contributed by atoms with Crippen molar-refractivity contribution in [3.8, 4) is 0 Å². The second kappa shape index (κ2) is 5.50. The van der Waals surface area contributed by atoms with Crippen LogP contribution in [-0.2, 0) is 4.74 Å². The van der Waals surface area contributed by atoms with Crippen molar-refractivity contribution in [1.29, 1.82) is 0 Å². The number of ether oxygens (including phenoxy) is 1. The van der Waals surface area contributed by atoms with Gasteiger partial charge in [-0.1, -0.05) is 0 Å². The molecule has 0 bridgehead atoms. The van der Waals surface area contributed by atoms with Crippen molar-refractivity contribution >= 4 is 23.1 Å². The number of hydrogen-bond donors (Lipinski definition) is 2. The van der Waals surface area contributed by atoms with Crippen molar-refractivity contribution in [3.05, 3.63) is 23.8 Å². The molecule has 0 spiro atoms. The Morgan fingerprint density at radius 2 is 2.40 bits per heavy atom. The molecule has 0 radical (unpaired) electrons. The Bertz CT molecular complexity index is 617. The molecule has 3 rings (SSSR count). The number of nitrogens with one attached hydrogen (secondary N) is 1. The van der Waals surface area contributed by atoms with Gasteiger partial charge in [-0.15, -0.1) is 0 Å². The first kappa shape index (κ1) is 12.9. The van der Waals surface area contributed by atoms with Crippen LogP contribution in [0.5, 0.6) is 0 Å². The van der Waals surface area contributed by atoms with Crippen molar-refractivity contribution in [2.45, 2.75) is 12.8 Å². The number of aromatic carboxylic acids is 1. The van der Waals surface area contributed by atoms with Gasteiger partial charge in [0, 0.05) is 13.2 Å². The molecule has 1 atom stereocenters. The van der Waals surface area contributed by atoms with Gasteiger partial charge in [0.2, 0.25) is 0 Å². The maximum Gasteiger partial charge on any atom is 0.335 e. The van der Waals surface area contributed by atoms with Crippen LogP contribution in [-0.4, -0.2) is 35.8 Å². The summed E-state index contributed by atoms with van der Waals surface area (Å²) in [5.74, 6) is -0.509. The van der Waals surface area contributed by atoms with Crippen LogP contribution in [0.4, 0.5) is 6.01 Å². The first-order valence-corrected chi connectivity index (χ1v) is 6.68. The van der Waals surface area contributed by atoms with Gasteiger partial charge >= 0.3 is 5.97 Å². The molecule has 0 amide bonds. The van der Waals surface area contributed by atoms with Crippen molar-refractivity contribution in [1.82, 2.24) is 4.98 Å². The number of carbonyl (C=O) groups is 1. The molecular formula is C14H16N2O4. The first-order chi connectivity index (χ1) is 9.72. The van der Waals surface area contributed by atoms with Crippen LogP contribution < -0.4 is 5.32 Å². The molecule has 0 aliphatic carbocycles. The summed E-state index contributed by atoms with van der Waals surface area (Å²) in [5, 5.41) is 12.1. The van der Waals surface area contributed by atoms with Crippen molar-refractivity contribution in [2.75, 3.05) is 25.1 Å². The maximum absolute atomic E-state index is 10.9. The molecule has 1 aromatic heterocycles. The summed E-state index contributed by atoms with van der Waals surface area (Å²) in [7, 11) is 0. The number of benzene rings is 1. The number of fused-ring (bicyclic) bond motifs is 1. The summed E-state index contributed by atoms with van der Waals surface area (Å²) < 4.78 is 10.9. The molecule has 6 heteroatoms. The Morgan fingerprint density at radius 1 is 1.50 bits per heavy atom. The number of anilines is 1. The molecule has 6 nitrogen and oxygen atoms in total. The van der Waals surface area contributed by atoms with E-state index >= 15 is 0 Å². The predicted octanol–water partition coefficient (Wildman–Crippen LogP) is 2.36. The van der Waals surface area contributed by atoms with E-state index in [1.807, 2.05) is 0 Å². The zero-order valence-electron chi connectivity index (χ0n) is 11.0. The molecule has 1 aliphatic rings. The number of nitrogens with zero attached hydrogens (tertiary/aromatic N) is 1. The molecule has 20 heavy (non-hydrogen) atoms. The maximum atomic E-state index is 10.9. The van der Waals surface area contributed by atoms with E-state index in [1.54, 1.807) is 6.07 Å². The molecule has 106 valence electrons. The lowest BCUT2D eigenvalue weighted by Gasteiger charge is -2.21. The van der Waals surface area contributed by atoms with Crippen LogP contribution in [0.15, 0.2) is 22.6 Å². The fraction of sp³-hybridized carbons (Fsp3) is 0.429. The van der Waals surface area contributed by atoms with Gasteiger partial charge in [-0.25, -0.2) is 4.79 Å². The van der Waals surface area contributed by atoms with E-state index in [0.29, 0.717) is 23.0 Å². The van der Waals surface area contributed by atoms with Crippen LogP contribution in [0, 0.1) is 5.92 Å². The fourth-order valence-corrected chi connectivity index (χ4v) is 2.33. The number of hydrogen-bond acceptors (Lipinski definition) is 5. The summed E-state index contributed by atoms with van der Waals surface area (Å²) >= 11 is 0. The third-order valence-electron chi connectivity index (χ3n) is 3.43. The molecule has 2 N–H and O–H groups in total. The Hall–Kier alpha value is -2.08. The standard InChI is InChI=1S/C14H16N2O4/c17-13(18)10-3-4-11-12(6-10)20-14(16-11)15-7-9-2-1-5-19-8-9/h3-4,6,9H,1-2,5,7-8H2,(H,15,16)(H,17,18). The lowest BCUT2D eigenvalue weighted by Crippen LogP contribution is -2.24. The lowest BCUT2D eigenvalue weighted by molar-refractivity contribution is 0.0593. The smallest absolute Gasteiger partial charge is 0.335 e. The van der Waals surface area contributed by atoms with Crippen LogP contribution in [0.1, 0.15) is 23.2 Å². The highest BCUT2D eigenvalue weighted by Gasteiger charge is 2.15. The van der Waals surface area contributed by atoms with E-state index in [4.69, 9.17) is 14.3 Å². The summed E-state index contributed by atoms with van der Waals surface area (Å²) in [6.45, 7) is 2.35. The largest absolute Gasteiger partial charge is 0.478 e. The van der Waals surface area contributed by atoms with Crippen LogP contribution >= 0.6 is 0 Å². The van der Waals surface area contributed by atoms with E-state index < -0.39 is 5.97 Å². The highest BCUT2D eigenvalue weighted by atomic mass is 16.5. The predicted molar refractivity (Wildman–Crippen MR) is 73.0 cm³/mol. The number of carboxylic acid groups (broad SMARTS) is 1. The van der Waals surface area contributed by atoms with Crippen LogP contribution in [0.2, 0.25) is 0 Å². The second-order valence-corrected chi connectivity index (χ2v) is 4.97. The number of carboxylic acids is 1. The molecule has 1 saturated heterocycles. The molecular weight excluding hydrogens is 260 g/mol. The summed E-state index contributed by atoms with van der Waals surface area (Å²) in [6, 6.07) is 5.08. The van der Waals surface area contributed by atoms with E-state index in [2.05, 4.69) is 10.3 Å². The summed E-state index contributed by atoms with van der Waals surface area (Å²) in [5.41, 5.74) is 1.32. The lowest BCUT2D eigenvalue weighted by atomic mass is 10.0. The molecule has 0 saturated carbocycles. The molecule has 2 heterocycles. The number of oxazole rings is 1. The molecule has 2 aromatic rings. The van der Waals surface area contributed by atoms with E-state index in [1.165, 1.54) is 12.1 Å². The Balaban J connectivity index is 1.70. The van der Waals surface area contributed by atoms with Gasteiger partial charge in [0.15, 0.2) is 5.58 Å². The SMILES string of the molecule is O=C(O)c1ccc2nc(NCC3CCCOC3)oc2c1. The molecule has 1 unspecified atom stereocenters. The van der Waals surface area contributed by atoms with Crippen LogP contribution in [0.25, 0.3) is 11.1 Å². The minimum Gasteiger partial charge on any atom is -0.478 e. The van der Waals surface area contributed by atoms with Gasteiger partial charge in [0.25, 0.3) is 6.01 Å². The quantitative estimate of drug-likeness (QED) is 0.891. The van der Waals surface area contributed by atoms with E-state index in [0.717, 1.165) is 32.6 Å². The van der Waals surface area contributed by atoms with Gasteiger partial charge in [-0.2, -0.15) is 4.98 Å². The van der Waals surface area contributed by atoms with Crippen molar-refractivity contribution in [3.63, 3.8) is 0 Å². The minimum atomic E-state index is -0.975. The second-order valence-electron chi connectivity index (χ2n) is 4.97. The normalized spacial score (nSPS) is 19.1. The fourth-order valence-electron chi connectivity index (χ4n) is 2.33. The van der Waals surface area contributed by atoms with Crippen LogP contribution in [0.3, 0.4) is 0 Å². The third kappa shape index (κ3) is 2.75. The van der Waals surface area contributed by atoms with Crippen molar-refractivity contribution in [2.24, 2.45) is 5.92 Å². The summed E-state index contributed by atoms with van der Waals surface area (Å²) in [6.07, 6.45) is 2.22. The van der Waals surface area contributed by atoms with E-state index in [9.17, 15) is 4.79 Å². The third-order valence-corrected chi connectivity index (χ3v) is 3.43. The zero-order valence-corrected chi connectivity index (χ0v) is 11.0. The average Bonchev–Trinajstić information content (AvgIpc) is 2.88. The number of aromatic nitrogens is 1. The van der Waals surface area contributed by atoms with Gasteiger partial charge in [0.1, 0.15) is 5.52 Å². The Labute approximate surface area is 115 Å². The van der Waals surface area contributed by atoms with Gasteiger partial charge < -0.3 is 19.6 Å². The molecule has 1 aromatic carbocycles. The number of rotatable bonds is 4. The highest BCUT2D eigenvalue weighted by molar-refractivity contribution is 5.92. The molecule has 1 fully saturated rings.